The van der Waals surface area contributed by atoms with E-state index in [2.05, 4.69) is 15.6 Å². The van der Waals surface area contributed by atoms with E-state index in [1.807, 2.05) is 12.1 Å². The molecule has 0 amide bonds. The lowest BCUT2D eigenvalue weighted by molar-refractivity contribution is 0.162. The Morgan fingerprint density at radius 2 is 2.44 bits per heavy atom. The predicted molar refractivity (Wildman–Crippen MR) is 60.3 cm³/mol. The summed E-state index contributed by atoms with van der Waals surface area (Å²) < 4.78 is 4.98. The van der Waals surface area contributed by atoms with Gasteiger partial charge in [-0.1, -0.05) is 6.07 Å². The van der Waals surface area contributed by atoms with Crippen molar-refractivity contribution in [2.24, 2.45) is 0 Å². The largest absolute Gasteiger partial charge is 0.481 e. The Morgan fingerprint density at radius 3 is 3.00 bits per heavy atom. The molecule has 2 heterocycles. The molecule has 0 saturated carbocycles. The molecule has 5 heteroatoms. The van der Waals surface area contributed by atoms with E-state index < -0.39 is 0 Å². The highest BCUT2D eigenvalue weighted by Crippen LogP contribution is 2.07. The summed E-state index contributed by atoms with van der Waals surface area (Å²) in [6.07, 6.45) is 1.48. The van der Waals surface area contributed by atoms with Gasteiger partial charge in [0.25, 0.3) is 0 Å². The van der Waals surface area contributed by atoms with Gasteiger partial charge in [-0.3, -0.25) is 0 Å². The Bertz CT molecular complexity index is 329. The van der Waals surface area contributed by atoms with Crippen LogP contribution in [0.3, 0.4) is 0 Å². The Labute approximate surface area is 94.8 Å². The summed E-state index contributed by atoms with van der Waals surface area (Å²) in [4.78, 5) is 4.12. The molecule has 0 aliphatic carbocycles. The second-order valence-electron chi connectivity index (χ2n) is 3.92. The van der Waals surface area contributed by atoms with Gasteiger partial charge in [-0.05, 0) is 5.56 Å². The summed E-state index contributed by atoms with van der Waals surface area (Å²) in [6.45, 7) is 2.18. The van der Waals surface area contributed by atoms with Gasteiger partial charge < -0.3 is 20.5 Å². The lowest BCUT2D eigenvalue weighted by Crippen LogP contribution is -2.38. The quantitative estimate of drug-likeness (QED) is 0.643. The highest BCUT2D eigenvalue weighted by atomic mass is 16.5. The maximum atomic E-state index is 9.59. The standard InChI is InChI=1S/C11H17N3O2/c1-16-11-3-2-8(5-14-11)4-13-9-6-12-7-10(9)15/h2-3,5,9-10,12-13,15H,4,6-7H2,1H3/t9-,10-/m1/s1. The van der Waals surface area contributed by atoms with Crippen LogP contribution in [0.1, 0.15) is 5.56 Å². The first-order chi connectivity index (χ1) is 7.79. The van der Waals surface area contributed by atoms with E-state index in [-0.39, 0.29) is 12.1 Å². The van der Waals surface area contributed by atoms with Crippen molar-refractivity contribution in [1.82, 2.24) is 15.6 Å². The summed E-state index contributed by atoms with van der Waals surface area (Å²) in [5.74, 6) is 0.617. The minimum Gasteiger partial charge on any atom is -0.481 e. The second-order valence-corrected chi connectivity index (χ2v) is 3.92. The van der Waals surface area contributed by atoms with E-state index in [4.69, 9.17) is 4.74 Å². The molecule has 0 radical (unpaired) electrons. The maximum absolute atomic E-state index is 9.59. The van der Waals surface area contributed by atoms with Gasteiger partial charge in [-0.2, -0.15) is 0 Å². The molecule has 1 aliphatic rings. The first-order valence-corrected chi connectivity index (χ1v) is 5.40. The minimum atomic E-state index is -0.300. The van der Waals surface area contributed by atoms with E-state index in [0.717, 1.165) is 12.1 Å². The first-order valence-electron chi connectivity index (χ1n) is 5.40. The summed E-state index contributed by atoms with van der Waals surface area (Å²) in [6, 6.07) is 3.93. The van der Waals surface area contributed by atoms with Crippen molar-refractivity contribution in [3.63, 3.8) is 0 Å². The molecular formula is C11H17N3O2. The van der Waals surface area contributed by atoms with E-state index in [0.29, 0.717) is 19.0 Å². The van der Waals surface area contributed by atoms with Crippen molar-refractivity contribution < 1.29 is 9.84 Å². The van der Waals surface area contributed by atoms with Crippen LogP contribution < -0.4 is 15.4 Å². The number of aromatic nitrogens is 1. The lowest BCUT2D eigenvalue weighted by Gasteiger charge is -2.15. The Kier molecular flexibility index (Phi) is 3.71. The van der Waals surface area contributed by atoms with Crippen LogP contribution in [0.2, 0.25) is 0 Å². The van der Waals surface area contributed by atoms with E-state index in [1.54, 1.807) is 13.3 Å². The fourth-order valence-corrected chi connectivity index (χ4v) is 1.76. The zero-order chi connectivity index (χ0) is 11.4. The van der Waals surface area contributed by atoms with Crippen LogP contribution in [0.4, 0.5) is 0 Å². The Morgan fingerprint density at radius 1 is 1.56 bits per heavy atom. The van der Waals surface area contributed by atoms with Crippen molar-refractivity contribution in [3.05, 3.63) is 23.9 Å². The fraction of sp³-hybridized carbons (Fsp3) is 0.545. The smallest absolute Gasteiger partial charge is 0.212 e. The van der Waals surface area contributed by atoms with Crippen LogP contribution in [0, 0.1) is 0 Å². The molecule has 0 aromatic carbocycles. The third kappa shape index (κ3) is 2.69. The Balaban J connectivity index is 1.84. The monoisotopic (exact) mass is 223 g/mol. The molecule has 0 spiro atoms. The van der Waals surface area contributed by atoms with Crippen molar-refractivity contribution in [3.8, 4) is 5.88 Å². The van der Waals surface area contributed by atoms with Crippen LogP contribution in [0.15, 0.2) is 18.3 Å². The van der Waals surface area contributed by atoms with E-state index in [9.17, 15) is 5.11 Å². The minimum absolute atomic E-state index is 0.127. The highest BCUT2D eigenvalue weighted by molar-refractivity contribution is 5.17. The number of rotatable bonds is 4. The van der Waals surface area contributed by atoms with Crippen LogP contribution in [-0.4, -0.2) is 42.4 Å². The molecule has 88 valence electrons. The lowest BCUT2D eigenvalue weighted by atomic mass is 10.2. The van der Waals surface area contributed by atoms with Crippen LogP contribution >= 0.6 is 0 Å². The van der Waals surface area contributed by atoms with Gasteiger partial charge in [0.2, 0.25) is 5.88 Å². The number of hydrogen-bond donors (Lipinski definition) is 3. The van der Waals surface area contributed by atoms with Crippen molar-refractivity contribution in [1.29, 1.82) is 0 Å². The average Bonchev–Trinajstić information content (AvgIpc) is 2.73. The van der Waals surface area contributed by atoms with E-state index in [1.165, 1.54) is 0 Å². The zero-order valence-electron chi connectivity index (χ0n) is 9.31. The third-order valence-electron chi connectivity index (χ3n) is 2.76. The van der Waals surface area contributed by atoms with Gasteiger partial charge in [-0.25, -0.2) is 4.98 Å². The molecule has 1 fully saturated rings. The van der Waals surface area contributed by atoms with Gasteiger partial charge >= 0.3 is 0 Å². The van der Waals surface area contributed by atoms with Crippen molar-refractivity contribution >= 4 is 0 Å². The molecule has 1 aromatic heterocycles. The molecule has 16 heavy (non-hydrogen) atoms. The molecule has 0 bridgehead atoms. The molecule has 1 aliphatic heterocycles. The number of nitrogens with zero attached hydrogens (tertiary/aromatic N) is 1. The van der Waals surface area contributed by atoms with Crippen LogP contribution in [0.25, 0.3) is 0 Å². The topological polar surface area (TPSA) is 66.4 Å². The van der Waals surface area contributed by atoms with Gasteiger partial charge in [-0.15, -0.1) is 0 Å². The molecule has 3 N–H and O–H groups in total. The normalized spacial score (nSPS) is 24.6. The first kappa shape index (κ1) is 11.3. The number of pyridine rings is 1. The molecule has 1 aromatic rings. The Hall–Kier alpha value is -1.17. The third-order valence-corrected chi connectivity index (χ3v) is 2.76. The van der Waals surface area contributed by atoms with Gasteiger partial charge in [0.05, 0.1) is 13.2 Å². The maximum Gasteiger partial charge on any atom is 0.212 e. The SMILES string of the molecule is COc1ccc(CN[C@@H]2CNC[C@H]2O)cn1. The molecule has 2 atom stereocenters. The summed E-state index contributed by atoms with van der Waals surface area (Å²) in [5.41, 5.74) is 1.08. The van der Waals surface area contributed by atoms with Gasteiger partial charge in [0, 0.05) is 37.9 Å². The number of ether oxygens (including phenoxy) is 1. The molecule has 5 nitrogen and oxygen atoms in total. The average molecular weight is 223 g/mol. The molecule has 1 saturated heterocycles. The van der Waals surface area contributed by atoms with Crippen LogP contribution in [0.5, 0.6) is 5.88 Å². The predicted octanol–water partition coefficient (Wildman–Crippen LogP) is -0.488. The van der Waals surface area contributed by atoms with Crippen molar-refractivity contribution in [2.75, 3.05) is 20.2 Å². The highest BCUT2D eigenvalue weighted by Gasteiger charge is 2.23. The molecular weight excluding hydrogens is 206 g/mol. The van der Waals surface area contributed by atoms with Crippen molar-refractivity contribution in [2.45, 2.75) is 18.7 Å². The number of β-amino-alcohol motifs (C(OH)–C–C–N with tert-alkyl or cyclic N) is 1. The second kappa shape index (κ2) is 5.25. The fourth-order valence-electron chi connectivity index (χ4n) is 1.76. The number of hydrogen-bond acceptors (Lipinski definition) is 5. The number of aliphatic hydroxyl groups excluding tert-OH is 1. The summed E-state index contributed by atoms with van der Waals surface area (Å²) in [7, 11) is 1.60. The van der Waals surface area contributed by atoms with E-state index >= 15 is 0 Å². The molecule has 0 unspecified atom stereocenters. The summed E-state index contributed by atoms with van der Waals surface area (Å²) in [5, 5.41) is 16.0. The number of methoxy groups -OCH3 is 1. The zero-order valence-corrected chi connectivity index (χ0v) is 9.31. The number of nitrogens with one attached hydrogen (secondary N) is 2. The van der Waals surface area contributed by atoms with Gasteiger partial charge in [0.1, 0.15) is 0 Å². The molecule has 2 rings (SSSR count). The number of aliphatic hydroxyl groups is 1. The van der Waals surface area contributed by atoms with Crippen LogP contribution in [-0.2, 0) is 6.54 Å². The van der Waals surface area contributed by atoms with Gasteiger partial charge in [0.15, 0.2) is 0 Å². The summed E-state index contributed by atoms with van der Waals surface area (Å²) >= 11 is 0.